The van der Waals surface area contributed by atoms with E-state index >= 15 is 0 Å². The fraction of sp³-hybridized carbons (Fsp3) is 0.750. The van der Waals surface area contributed by atoms with Crippen molar-refractivity contribution in [1.29, 1.82) is 0 Å². The van der Waals surface area contributed by atoms with Gasteiger partial charge in [-0.3, -0.25) is 0 Å². The zero-order valence-corrected chi connectivity index (χ0v) is 16.1. The molecule has 1 aromatic heterocycles. The van der Waals surface area contributed by atoms with Gasteiger partial charge in [-0.05, 0) is 46.6 Å². The highest BCUT2D eigenvalue weighted by atomic mass is 32.3. The van der Waals surface area contributed by atoms with Crippen molar-refractivity contribution in [2.45, 2.75) is 50.0 Å². The summed E-state index contributed by atoms with van der Waals surface area (Å²) in [5.41, 5.74) is 0. The van der Waals surface area contributed by atoms with Crippen molar-refractivity contribution in [3.8, 4) is 0 Å². The molecule has 1 aromatic rings. The highest BCUT2D eigenvalue weighted by molar-refractivity contribution is 8.36. The predicted octanol–water partition coefficient (Wildman–Crippen LogP) is 6.19. The summed E-state index contributed by atoms with van der Waals surface area (Å²) in [5.74, 6) is 8.12. The molecule has 0 amide bonds. The van der Waals surface area contributed by atoms with Gasteiger partial charge in [-0.2, -0.15) is 0 Å². The molecule has 0 aliphatic heterocycles. The molecule has 0 spiro atoms. The summed E-state index contributed by atoms with van der Waals surface area (Å²) >= 11 is 2.17. The van der Waals surface area contributed by atoms with Gasteiger partial charge in [0.05, 0.1) is 0 Å². The maximum Gasteiger partial charge on any atom is 0.0440 e. The molecule has 0 fully saturated rings. The lowest BCUT2D eigenvalue weighted by atomic mass is 10.7. The molecule has 0 unspecified atom stereocenters. The Labute approximate surface area is 128 Å². The van der Waals surface area contributed by atoms with E-state index in [4.69, 9.17) is 0 Å². The number of hydrogen-bond donors (Lipinski definition) is 0. The Bertz CT molecular complexity index is 322. The van der Waals surface area contributed by atoms with E-state index in [1.54, 1.807) is 8.42 Å². The molecule has 19 heavy (non-hydrogen) atoms. The van der Waals surface area contributed by atoms with Crippen molar-refractivity contribution in [2.24, 2.45) is 0 Å². The summed E-state index contributed by atoms with van der Waals surface area (Å²) < 4.78 is 3.45. The normalized spacial score (nSPS) is 14.6. The molecule has 0 aliphatic carbocycles. The quantitative estimate of drug-likeness (QED) is 0.535. The summed E-state index contributed by atoms with van der Waals surface area (Å²) in [7, 11) is -1.04. The summed E-state index contributed by atoms with van der Waals surface area (Å²) in [5, 5.41) is 0. The van der Waals surface area contributed by atoms with Crippen molar-refractivity contribution in [2.75, 3.05) is 34.5 Å². The Morgan fingerprint density at radius 3 is 1.11 bits per heavy atom. The maximum absolute atomic E-state index is 2.48. The average molecular weight is 321 g/mol. The highest BCUT2D eigenvalue weighted by Crippen LogP contribution is 2.63. The summed E-state index contributed by atoms with van der Waals surface area (Å²) in [6, 6.07) is 4.96. The molecule has 0 N–H and O–H groups in total. The fourth-order valence-electron chi connectivity index (χ4n) is 2.85. The molecule has 0 aliphatic rings. The molecule has 0 nitrogen and oxygen atoms in total. The lowest BCUT2D eigenvalue weighted by Gasteiger charge is -2.38. The van der Waals surface area contributed by atoms with E-state index < -0.39 is 20.1 Å². The standard InChI is InChI=1S/C16H32S3/c1-7-18(8-2,9-3)15-13-14-16(17-15)19(10-4,11-5)12-6/h13-14H,7-12H2,1-6H3. The second-order valence-corrected chi connectivity index (χ2v) is 15.0. The smallest absolute Gasteiger partial charge is 0.0440 e. The zero-order chi connectivity index (χ0) is 14.5. The van der Waals surface area contributed by atoms with Gasteiger partial charge in [0.1, 0.15) is 0 Å². The average Bonchev–Trinajstić information content (AvgIpc) is 2.95. The van der Waals surface area contributed by atoms with Crippen molar-refractivity contribution >= 4 is 31.4 Å². The van der Waals surface area contributed by atoms with Crippen molar-refractivity contribution in [3.63, 3.8) is 0 Å². The van der Waals surface area contributed by atoms with Crippen LogP contribution >= 0.6 is 31.4 Å². The summed E-state index contributed by atoms with van der Waals surface area (Å²) in [6.07, 6.45) is 0. The lowest BCUT2D eigenvalue weighted by molar-refractivity contribution is 1.32. The Morgan fingerprint density at radius 2 is 0.895 bits per heavy atom. The Morgan fingerprint density at radius 1 is 0.632 bits per heavy atom. The van der Waals surface area contributed by atoms with Crippen LogP contribution in [0.2, 0.25) is 0 Å². The van der Waals surface area contributed by atoms with Gasteiger partial charge in [0, 0.05) is 8.42 Å². The molecule has 1 rings (SSSR count). The molecule has 0 aromatic carbocycles. The first kappa shape index (κ1) is 17.5. The summed E-state index contributed by atoms with van der Waals surface area (Å²) in [6.45, 7) is 14.3. The summed E-state index contributed by atoms with van der Waals surface area (Å²) in [4.78, 5) is 0. The lowest BCUT2D eigenvalue weighted by Crippen LogP contribution is -2.08. The molecular weight excluding hydrogens is 288 g/mol. The van der Waals surface area contributed by atoms with Crippen LogP contribution in [0.1, 0.15) is 41.5 Å². The third-order valence-electron chi connectivity index (χ3n) is 4.73. The molecule has 0 radical (unpaired) electrons. The van der Waals surface area contributed by atoms with Crippen LogP contribution in [-0.2, 0) is 0 Å². The minimum atomic E-state index is -0.521. The van der Waals surface area contributed by atoms with Gasteiger partial charge in [0.2, 0.25) is 0 Å². The van der Waals surface area contributed by atoms with Gasteiger partial charge in [0.25, 0.3) is 0 Å². The SMILES string of the molecule is CCS(CC)(CC)c1ccc(S(CC)(CC)CC)s1. The van der Waals surface area contributed by atoms with Crippen molar-refractivity contribution in [1.82, 2.24) is 0 Å². The van der Waals surface area contributed by atoms with Crippen LogP contribution in [0.5, 0.6) is 0 Å². The molecule has 3 heteroatoms. The van der Waals surface area contributed by atoms with Gasteiger partial charge >= 0.3 is 0 Å². The van der Waals surface area contributed by atoms with Crippen LogP contribution in [0.15, 0.2) is 20.6 Å². The number of thiophene rings is 1. The molecule has 1 heterocycles. The maximum atomic E-state index is 2.48. The molecule has 0 saturated carbocycles. The monoisotopic (exact) mass is 320 g/mol. The zero-order valence-electron chi connectivity index (χ0n) is 13.6. The van der Waals surface area contributed by atoms with Gasteiger partial charge in [0.15, 0.2) is 0 Å². The van der Waals surface area contributed by atoms with Crippen LogP contribution < -0.4 is 0 Å². The minimum absolute atomic E-state index is 0.521. The Balaban J connectivity index is 3.18. The Hall–Kier alpha value is 0.400. The van der Waals surface area contributed by atoms with Crippen molar-refractivity contribution < 1.29 is 0 Å². The molecule has 0 atom stereocenters. The van der Waals surface area contributed by atoms with E-state index in [0.29, 0.717) is 0 Å². The number of rotatable bonds is 8. The highest BCUT2D eigenvalue weighted by Gasteiger charge is 2.27. The van der Waals surface area contributed by atoms with Crippen molar-refractivity contribution in [3.05, 3.63) is 12.1 Å². The minimum Gasteiger partial charge on any atom is -0.206 e. The molecule has 114 valence electrons. The van der Waals surface area contributed by atoms with Gasteiger partial charge in [-0.1, -0.05) is 41.5 Å². The Kier molecular flexibility index (Phi) is 6.82. The second-order valence-electron chi connectivity index (χ2n) is 4.90. The van der Waals surface area contributed by atoms with E-state index in [9.17, 15) is 0 Å². The fourth-order valence-corrected chi connectivity index (χ4v) is 12.4. The largest absolute Gasteiger partial charge is 0.206 e. The number of hydrogen-bond acceptors (Lipinski definition) is 1. The first-order valence-corrected chi connectivity index (χ1v) is 12.8. The van der Waals surface area contributed by atoms with Gasteiger partial charge in [-0.25, -0.2) is 20.1 Å². The first-order valence-electron chi connectivity index (χ1n) is 7.70. The van der Waals surface area contributed by atoms with Crippen LogP contribution in [0.25, 0.3) is 0 Å². The van der Waals surface area contributed by atoms with E-state index in [1.807, 2.05) is 0 Å². The topological polar surface area (TPSA) is 0 Å². The van der Waals surface area contributed by atoms with Crippen LogP contribution in [0.4, 0.5) is 0 Å². The van der Waals surface area contributed by atoms with Crippen LogP contribution in [0.3, 0.4) is 0 Å². The van der Waals surface area contributed by atoms with E-state index in [2.05, 4.69) is 65.0 Å². The molecule has 0 bridgehead atoms. The third-order valence-corrected chi connectivity index (χ3v) is 16.6. The van der Waals surface area contributed by atoms with Gasteiger partial charge in [-0.15, -0.1) is 11.3 Å². The predicted molar refractivity (Wildman–Crippen MR) is 99.3 cm³/mol. The van der Waals surface area contributed by atoms with E-state index in [-0.39, 0.29) is 0 Å². The van der Waals surface area contributed by atoms with E-state index in [1.165, 1.54) is 34.5 Å². The third kappa shape index (κ3) is 3.19. The molecular formula is C16H32S3. The van der Waals surface area contributed by atoms with Gasteiger partial charge < -0.3 is 0 Å². The van der Waals surface area contributed by atoms with Crippen LogP contribution in [-0.4, -0.2) is 34.5 Å². The second kappa shape index (κ2) is 7.42. The first-order chi connectivity index (χ1) is 9.07. The molecule has 0 saturated heterocycles. The van der Waals surface area contributed by atoms with E-state index in [0.717, 1.165) is 0 Å². The van der Waals surface area contributed by atoms with Crippen LogP contribution in [0, 0.1) is 0 Å².